The Hall–Kier alpha value is -2.87. The summed E-state index contributed by atoms with van der Waals surface area (Å²) in [5.41, 5.74) is 1.48. The summed E-state index contributed by atoms with van der Waals surface area (Å²) >= 11 is 1.28. The minimum Gasteiger partial charge on any atom is -0.490 e. The van der Waals surface area contributed by atoms with Crippen molar-refractivity contribution in [3.63, 3.8) is 0 Å². The van der Waals surface area contributed by atoms with Gasteiger partial charge in [-0.15, -0.1) is 11.3 Å². The van der Waals surface area contributed by atoms with E-state index in [0.29, 0.717) is 34.8 Å². The van der Waals surface area contributed by atoms with Crippen LogP contribution >= 0.6 is 11.3 Å². The van der Waals surface area contributed by atoms with Crippen molar-refractivity contribution in [2.45, 2.75) is 26.9 Å². The molecule has 3 aromatic rings. The van der Waals surface area contributed by atoms with Crippen LogP contribution < -0.4 is 20.9 Å². The smallest absolute Gasteiger partial charge is 0.331 e. The molecule has 0 saturated heterocycles. The number of fused-ring (bicyclic) bond motifs is 2. The minimum absolute atomic E-state index is 0.125. The summed E-state index contributed by atoms with van der Waals surface area (Å²) in [7, 11) is 0. The van der Waals surface area contributed by atoms with Crippen molar-refractivity contribution in [1.29, 1.82) is 0 Å². The number of thiophene rings is 1. The fraction of sp³-hybridized carbons (Fsp3) is 0.316. The number of carbonyl (C=O) groups excluding carboxylic acids is 1. The number of anilines is 1. The number of amides is 1. The molecule has 3 heterocycles. The number of hydrogen-bond acceptors (Lipinski definition) is 5. The van der Waals surface area contributed by atoms with Gasteiger partial charge in [0.25, 0.3) is 5.56 Å². The number of nitrogens with zero attached hydrogens (tertiary/aromatic N) is 3. The van der Waals surface area contributed by atoms with E-state index in [2.05, 4.69) is 0 Å². The van der Waals surface area contributed by atoms with Gasteiger partial charge in [0.15, 0.2) is 0 Å². The van der Waals surface area contributed by atoms with E-state index in [-0.39, 0.29) is 24.6 Å². The number of hydrogen-bond donors (Lipinski definition) is 0. The lowest BCUT2D eigenvalue weighted by Gasteiger charge is -2.30. The van der Waals surface area contributed by atoms with Crippen molar-refractivity contribution in [3.8, 4) is 5.75 Å². The first kappa shape index (κ1) is 17.5. The Bertz CT molecular complexity index is 1160. The van der Waals surface area contributed by atoms with Crippen LogP contribution in [0.4, 0.5) is 5.69 Å². The Labute approximate surface area is 159 Å². The van der Waals surface area contributed by atoms with Crippen LogP contribution in [0.1, 0.15) is 12.5 Å². The van der Waals surface area contributed by atoms with Crippen molar-refractivity contribution in [1.82, 2.24) is 9.13 Å². The Kier molecular flexibility index (Phi) is 4.35. The van der Waals surface area contributed by atoms with Crippen LogP contribution in [-0.2, 0) is 17.9 Å². The van der Waals surface area contributed by atoms with Crippen LogP contribution in [0.3, 0.4) is 0 Å². The first-order valence-corrected chi connectivity index (χ1v) is 9.64. The molecule has 7 nitrogen and oxygen atoms in total. The number of benzene rings is 1. The first-order chi connectivity index (χ1) is 13.0. The second-order valence-corrected chi connectivity index (χ2v) is 7.33. The average molecular weight is 385 g/mol. The van der Waals surface area contributed by atoms with Gasteiger partial charge in [-0.2, -0.15) is 0 Å². The highest BCUT2D eigenvalue weighted by Crippen LogP contribution is 2.32. The van der Waals surface area contributed by atoms with Crippen LogP contribution in [0.15, 0.2) is 39.2 Å². The quantitative estimate of drug-likeness (QED) is 0.691. The van der Waals surface area contributed by atoms with Gasteiger partial charge in [-0.25, -0.2) is 4.79 Å². The number of aryl methyl sites for hydroxylation is 1. The number of carbonyl (C=O) groups is 1. The predicted octanol–water partition coefficient (Wildman–Crippen LogP) is 1.98. The van der Waals surface area contributed by atoms with Gasteiger partial charge in [-0.05, 0) is 43.0 Å². The second-order valence-electron chi connectivity index (χ2n) is 6.42. The van der Waals surface area contributed by atoms with Crippen LogP contribution in [-0.4, -0.2) is 28.2 Å². The monoisotopic (exact) mass is 385 g/mol. The zero-order valence-electron chi connectivity index (χ0n) is 15.1. The average Bonchev–Trinajstić information content (AvgIpc) is 3.15. The third kappa shape index (κ3) is 2.86. The molecule has 1 aliphatic rings. The van der Waals surface area contributed by atoms with Crippen molar-refractivity contribution in [2.24, 2.45) is 0 Å². The van der Waals surface area contributed by atoms with E-state index in [0.717, 1.165) is 5.56 Å². The standard InChI is InChI=1S/C19H19N3O4S/c1-3-20-18(24)17-13(6-9-27-17)22(19(20)25)11-16(23)21-7-8-26-15-5-4-12(2)10-14(15)21/h4-6,9-10H,3,7-8,11H2,1-2H3. The zero-order valence-corrected chi connectivity index (χ0v) is 15.9. The zero-order chi connectivity index (χ0) is 19.1. The molecule has 0 unspecified atom stereocenters. The Morgan fingerprint density at radius 2 is 2.04 bits per heavy atom. The van der Waals surface area contributed by atoms with Crippen LogP contribution in [0.2, 0.25) is 0 Å². The first-order valence-electron chi connectivity index (χ1n) is 8.76. The number of aromatic nitrogens is 2. The fourth-order valence-electron chi connectivity index (χ4n) is 3.37. The lowest BCUT2D eigenvalue weighted by Crippen LogP contribution is -2.44. The molecule has 1 aromatic carbocycles. The molecule has 0 fully saturated rings. The predicted molar refractivity (Wildman–Crippen MR) is 105 cm³/mol. The Balaban J connectivity index is 1.77. The van der Waals surface area contributed by atoms with Gasteiger partial charge in [-0.3, -0.25) is 18.7 Å². The summed E-state index contributed by atoms with van der Waals surface area (Å²) in [5, 5.41) is 1.76. The Morgan fingerprint density at radius 3 is 2.81 bits per heavy atom. The van der Waals surface area contributed by atoms with Crippen molar-refractivity contribution < 1.29 is 9.53 Å². The molecule has 0 saturated carbocycles. The van der Waals surface area contributed by atoms with Gasteiger partial charge < -0.3 is 9.64 Å². The maximum Gasteiger partial charge on any atom is 0.331 e. The highest BCUT2D eigenvalue weighted by atomic mass is 32.1. The second kappa shape index (κ2) is 6.70. The summed E-state index contributed by atoms with van der Waals surface area (Å²) in [4.78, 5) is 39.9. The summed E-state index contributed by atoms with van der Waals surface area (Å²) < 4.78 is 8.69. The maximum atomic E-state index is 13.1. The van der Waals surface area contributed by atoms with Crippen molar-refractivity contribution >= 4 is 33.1 Å². The molecule has 0 bridgehead atoms. The summed E-state index contributed by atoms with van der Waals surface area (Å²) in [5.74, 6) is 0.452. The summed E-state index contributed by atoms with van der Waals surface area (Å²) in [6.45, 7) is 4.66. The van der Waals surface area contributed by atoms with Crippen LogP contribution in [0.25, 0.3) is 10.2 Å². The molecular formula is C19H19N3O4S. The summed E-state index contributed by atoms with van der Waals surface area (Å²) in [6, 6.07) is 7.41. The van der Waals surface area contributed by atoms with E-state index >= 15 is 0 Å². The topological polar surface area (TPSA) is 73.5 Å². The minimum atomic E-state index is -0.459. The molecule has 2 aromatic heterocycles. The lowest BCUT2D eigenvalue weighted by molar-refractivity contribution is -0.119. The van der Waals surface area contributed by atoms with E-state index in [1.54, 1.807) is 23.3 Å². The van der Waals surface area contributed by atoms with Crippen LogP contribution in [0.5, 0.6) is 5.75 Å². The fourth-order valence-corrected chi connectivity index (χ4v) is 4.22. The molecular weight excluding hydrogens is 366 g/mol. The van der Waals surface area contributed by atoms with Gasteiger partial charge in [0.1, 0.15) is 23.6 Å². The third-order valence-corrected chi connectivity index (χ3v) is 5.62. The van der Waals surface area contributed by atoms with Gasteiger partial charge in [0, 0.05) is 6.54 Å². The number of ether oxygens (including phenoxy) is 1. The van der Waals surface area contributed by atoms with E-state index < -0.39 is 5.69 Å². The SMILES string of the molecule is CCn1c(=O)c2sccc2n(CC(=O)N2CCOc3ccc(C)cc32)c1=O. The van der Waals surface area contributed by atoms with E-state index in [9.17, 15) is 14.4 Å². The Morgan fingerprint density at radius 1 is 1.22 bits per heavy atom. The van der Waals surface area contributed by atoms with E-state index in [4.69, 9.17) is 4.74 Å². The van der Waals surface area contributed by atoms with Gasteiger partial charge in [0.05, 0.1) is 17.7 Å². The number of rotatable bonds is 3. The molecule has 1 aliphatic heterocycles. The molecule has 27 heavy (non-hydrogen) atoms. The van der Waals surface area contributed by atoms with Crippen molar-refractivity contribution in [2.75, 3.05) is 18.1 Å². The van der Waals surface area contributed by atoms with Crippen LogP contribution in [0, 0.1) is 6.92 Å². The maximum absolute atomic E-state index is 13.1. The molecule has 8 heteroatoms. The van der Waals surface area contributed by atoms with Gasteiger partial charge >= 0.3 is 5.69 Å². The van der Waals surface area contributed by atoms with E-state index in [1.165, 1.54) is 20.5 Å². The molecule has 0 aliphatic carbocycles. The molecule has 4 rings (SSSR count). The molecule has 140 valence electrons. The third-order valence-electron chi connectivity index (χ3n) is 4.72. The largest absolute Gasteiger partial charge is 0.490 e. The lowest BCUT2D eigenvalue weighted by atomic mass is 10.1. The summed E-state index contributed by atoms with van der Waals surface area (Å²) in [6.07, 6.45) is 0. The van der Waals surface area contributed by atoms with E-state index in [1.807, 2.05) is 25.1 Å². The normalized spacial score (nSPS) is 13.5. The van der Waals surface area contributed by atoms with Gasteiger partial charge in [-0.1, -0.05) is 6.07 Å². The molecule has 0 spiro atoms. The van der Waals surface area contributed by atoms with Gasteiger partial charge in [0.2, 0.25) is 5.91 Å². The van der Waals surface area contributed by atoms with Crippen molar-refractivity contribution in [3.05, 3.63) is 56.0 Å². The molecule has 0 radical (unpaired) electrons. The highest BCUT2D eigenvalue weighted by molar-refractivity contribution is 7.17. The molecule has 0 atom stereocenters. The highest BCUT2D eigenvalue weighted by Gasteiger charge is 2.25. The molecule has 1 amide bonds. The molecule has 0 N–H and O–H groups in total.